The van der Waals surface area contributed by atoms with Crippen molar-refractivity contribution in [2.45, 2.75) is 32.5 Å². The van der Waals surface area contributed by atoms with Crippen LogP contribution in [-0.4, -0.2) is 57.1 Å². The number of thioether (sulfide) groups is 1. The van der Waals surface area contributed by atoms with Crippen LogP contribution in [0.4, 0.5) is 5.13 Å². The summed E-state index contributed by atoms with van der Waals surface area (Å²) in [5.74, 6) is 1.19. The smallest absolute Gasteiger partial charge is 0.251 e. The number of nitrogens with one attached hydrogen (secondary N) is 2. The van der Waals surface area contributed by atoms with Crippen LogP contribution in [0.3, 0.4) is 0 Å². The lowest BCUT2D eigenvalue weighted by Gasteiger charge is -2.17. The highest BCUT2D eigenvalue weighted by molar-refractivity contribution is 7.99. The molecule has 0 saturated carbocycles. The molecule has 14 heteroatoms. The van der Waals surface area contributed by atoms with Gasteiger partial charge in [-0.2, -0.15) is 0 Å². The summed E-state index contributed by atoms with van der Waals surface area (Å²) >= 11 is 8.92. The average Bonchev–Trinajstić information content (AvgIpc) is 3.63. The summed E-state index contributed by atoms with van der Waals surface area (Å²) in [6.45, 7) is 6.80. The van der Waals surface area contributed by atoms with Gasteiger partial charge in [0.15, 0.2) is 27.6 Å². The maximum Gasteiger partial charge on any atom is 0.251 e. The van der Waals surface area contributed by atoms with E-state index in [2.05, 4.69) is 25.8 Å². The van der Waals surface area contributed by atoms with Gasteiger partial charge in [-0.15, -0.1) is 10.2 Å². The van der Waals surface area contributed by atoms with Gasteiger partial charge in [-0.1, -0.05) is 52.9 Å². The lowest BCUT2D eigenvalue weighted by molar-refractivity contribution is -0.113. The molecule has 0 aliphatic heterocycles. The minimum atomic E-state index is -0.370. The number of halogens is 1. The van der Waals surface area contributed by atoms with Crippen molar-refractivity contribution in [3.8, 4) is 22.9 Å². The molecule has 0 bridgehead atoms. The minimum absolute atomic E-state index is 0.0396. The van der Waals surface area contributed by atoms with E-state index in [1.165, 1.54) is 23.1 Å². The first kappa shape index (κ1) is 32.1. The molecule has 0 aliphatic carbocycles. The van der Waals surface area contributed by atoms with E-state index in [0.717, 1.165) is 10.2 Å². The molecule has 234 valence electrons. The Morgan fingerprint density at radius 3 is 2.36 bits per heavy atom. The van der Waals surface area contributed by atoms with Gasteiger partial charge in [0.05, 0.1) is 48.0 Å². The predicted molar refractivity (Wildman–Crippen MR) is 176 cm³/mol. The molecule has 0 unspecified atom stereocenters. The van der Waals surface area contributed by atoms with Gasteiger partial charge >= 0.3 is 0 Å². The number of amides is 2. The highest BCUT2D eigenvalue weighted by Gasteiger charge is 2.21. The molecule has 5 aromatic rings. The largest absolute Gasteiger partial charge is 0.490 e. The van der Waals surface area contributed by atoms with Crippen LogP contribution in [0.15, 0.2) is 65.8 Å². The van der Waals surface area contributed by atoms with E-state index < -0.39 is 0 Å². The van der Waals surface area contributed by atoms with Crippen LogP contribution in [-0.2, 0) is 11.3 Å². The van der Waals surface area contributed by atoms with E-state index in [-0.39, 0.29) is 24.1 Å². The summed E-state index contributed by atoms with van der Waals surface area (Å²) in [6.07, 6.45) is 0. The lowest BCUT2D eigenvalue weighted by atomic mass is 10.1. The van der Waals surface area contributed by atoms with Gasteiger partial charge < -0.3 is 24.8 Å². The van der Waals surface area contributed by atoms with Gasteiger partial charge in [-0.3, -0.25) is 14.2 Å². The fourth-order valence-electron chi connectivity index (χ4n) is 4.38. The van der Waals surface area contributed by atoms with Crippen LogP contribution in [0, 0.1) is 0 Å². The summed E-state index contributed by atoms with van der Waals surface area (Å²) in [4.78, 5) is 30.6. The van der Waals surface area contributed by atoms with Crippen LogP contribution >= 0.6 is 34.7 Å². The molecule has 5 rings (SSSR count). The number of carbonyl (C=O) groups excluding carboxylic acids is 2. The number of nitrogens with zero attached hydrogens (tertiary/aromatic N) is 4. The minimum Gasteiger partial charge on any atom is -0.490 e. The van der Waals surface area contributed by atoms with Crippen molar-refractivity contribution in [3.63, 3.8) is 0 Å². The summed E-state index contributed by atoms with van der Waals surface area (Å²) < 4.78 is 20.0. The molecule has 3 aromatic carbocycles. The summed E-state index contributed by atoms with van der Waals surface area (Å²) in [5, 5.41) is 15.9. The number of hydrogen-bond acceptors (Lipinski definition) is 10. The zero-order valence-corrected chi connectivity index (χ0v) is 27.2. The van der Waals surface area contributed by atoms with Crippen molar-refractivity contribution in [2.75, 3.05) is 30.9 Å². The topological polar surface area (TPSA) is 129 Å². The van der Waals surface area contributed by atoms with Gasteiger partial charge in [0.1, 0.15) is 0 Å². The number of hydrogen-bond donors (Lipinski definition) is 2. The first-order chi connectivity index (χ1) is 21.9. The second-order valence-electron chi connectivity index (χ2n) is 9.32. The molecule has 0 radical (unpaired) electrons. The van der Waals surface area contributed by atoms with Crippen molar-refractivity contribution in [1.82, 2.24) is 25.1 Å². The van der Waals surface area contributed by atoms with E-state index >= 15 is 0 Å². The highest BCUT2D eigenvalue weighted by Crippen LogP contribution is 2.39. The van der Waals surface area contributed by atoms with Crippen molar-refractivity contribution >= 4 is 61.9 Å². The molecule has 45 heavy (non-hydrogen) atoms. The highest BCUT2D eigenvalue weighted by atomic mass is 35.5. The molecule has 0 fully saturated rings. The number of para-hydroxylation sites is 1. The maximum atomic E-state index is 13.4. The van der Waals surface area contributed by atoms with Crippen LogP contribution < -0.4 is 24.8 Å². The van der Waals surface area contributed by atoms with Crippen molar-refractivity contribution in [2.24, 2.45) is 0 Å². The third kappa shape index (κ3) is 7.85. The molecule has 11 nitrogen and oxygen atoms in total. The third-order valence-electron chi connectivity index (χ3n) is 6.22. The first-order valence-corrected chi connectivity index (χ1v) is 16.4. The molecular formula is C31H31ClN6O5S2. The Balaban J connectivity index is 1.34. The Kier molecular flexibility index (Phi) is 10.8. The van der Waals surface area contributed by atoms with Crippen LogP contribution in [0.25, 0.3) is 15.9 Å². The molecule has 0 atom stereocenters. The maximum absolute atomic E-state index is 13.4. The summed E-state index contributed by atoms with van der Waals surface area (Å²) in [7, 11) is 0. The van der Waals surface area contributed by atoms with E-state index in [0.29, 0.717) is 69.5 Å². The molecule has 0 saturated heterocycles. The van der Waals surface area contributed by atoms with Crippen molar-refractivity contribution in [3.05, 3.63) is 77.1 Å². The van der Waals surface area contributed by atoms with Crippen LogP contribution in [0.1, 0.15) is 37.0 Å². The average molecular weight is 667 g/mol. The van der Waals surface area contributed by atoms with Gasteiger partial charge in [0.2, 0.25) is 11.7 Å². The SMILES string of the molecule is CCOc1cc(C(=O)NCc2nnc(SCC(=O)Nc3nc4ccccc4s3)n2-c2cccc(Cl)c2)cc(OCC)c1OCC. The second-order valence-corrected chi connectivity index (χ2v) is 11.7. The van der Waals surface area contributed by atoms with Crippen LogP contribution in [0.5, 0.6) is 17.2 Å². The number of ether oxygens (including phenoxy) is 3. The summed E-state index contributed by atoms with van der Waals surface area (Å²) in [5.41, 5.74) is 1.84. The first-order valence-electron chi connectivity index (χ1n) is 14.2. The van der Waals surface area contributed by atoms with Gasteiger partial charge in [-0.25, -0.2) is 4.98 Å². The second kappa shape index (κ2) is 15.1. The zero-order valence-electron chi connectivity index (χ0n) is 24.8. The van der Waals surface area contributed by atoms with E-state index in [1.807, 2.05) is 51.1 Å². The number of rotatable bonds is 14. The van der Waals surface area contributed by atoms with Crippen molar-refractivity contribution < 1.29 is 23.8 Å². The Bertz CT molecular complexity index is 1750. The number of thiazole rings is 1. The predicted octanol–water partition coefficient (Wildman–Crippen LogP) is 6.39. The Morgan fingerprint density at radius 1 is 0.933 bits per heavy atom. The number of fused-ring (bicyclic) bond motifs is 1. The Hall–Kier alpha value is -4.33. The normalized spacial score (nSPS) is 10.9. The number of carbonyl (C=O) groups is 2. The zero-order chi connectivity index (χ0) is 31.8. The Morgan fingerprint density at radius 2 is 1.67 bits per heavy atom. The Labute approximate surface area is 273 Å². The van der Waals surface area contributed by atoms with E-state index in [4.69, 9.17) is 25.8 Å². The monoisotopic (exact) mass is 666 g/mol. The molecule has 2 N–H and O–H groups in total. The third-order valence-corrected chi connectivity index (χ3v) is 8.33. The van der Waals surface area contributed by atoms with E-state index in [9.17, 15) is 9.59 Å². The van der Waals surface area contributed by atoms with Crippen LogP contribution in [0.2, 0.25) is 5.02 Å². The summed E-state index contributed by atoms with van der Waals surface area (Å²) in [6, 6.07) is 18.1. The fraction of sp³-hybridized carbons (Fsp3) is 0.258. The molecule has 2 heterocycles. The molecule has 2 amide bonds. The van der Waals surface area contributed by atoms with Gasteiger partial charge in [0, 0.05) is 10.6 Å². The molecular weight excluding hydrogens is 636 g/mol. The number of anilines is 1. The number of aromatic nitrogens is 4. The quantitative estimate of drug-likeness (QED) is 0.130. The fourth-order valence-corrected chi connectivity index (χ4v) is 6.21. The van der Waals surface area contributed by atoms with E-state index in [1.54, 1.807) is 34.9 Å². The standard InChI is InChI=1S/C31H31ClN6O5S2/c1-4-41-23-14-19(15-24(42-5-2)28(23)43-6-3)29(40)33-17-26-36-37-31(38(26)21-11-9-10-20(32)16-21)44-18-27(39)35-30-34-22-12-7-8-13-25(22)45-30/h7-16H,4-6,17-18H2,1-3H3,(H,33,40)(H,34,35,39). The van der Waals surface area contributed by atoms with Crippen molar-refractivity contribution in [1.29, 1.82) is 0 Å². The van der Waals surface area contributed by atoms with Gasteiger partial charge in [-0.05, 0) is 63.2 Å². The molecule has 0 spiro atoms. The number of benzene rings is 3. The lowest BCUT2D eigenvalue weighted by Crippen LogP contribution is -2.25. The molecule has 0 aliphatic rings. The molecule has 2 aromatic heterocycles. The van der Waals surface area contributed by atoms with Gasteiger partial charge in [0.25, 0.3) is 5.91 Å².